The third-order valence-electron chi connectivity index (χ3n) is 4.39. The predicted octanol–water partition coefficient (Wildman–Crippen LogP) is 1.14. The highest BCUT2D eigenvalue weighted by atomic mass is 35.5. The number of carbonyl (C=O) groups excluding carboxylic acids is 2. The Bertz CT molecular complexity index is 613. The van der Waals surface area contributed by atoms with Crippen molar-refractivity contribution in [3.63, 3.8) is 0 Å². The van der Waals surface area contributed by atoms with Crippen LogP contribution in [0.15, 0.2) is 36.4 Å². The minimum Gasteiger partial charge on any atom is -0.550 e. The van der Waals surface area contributed by atoms with Crippen molar-refractivity contribution in [3.8, 4) is 0 Å². The van der Waals surface area contributed by atoms with Crippen LogP contribution in [0.1, 0.15) is 12.0 Å². The maximum atomic E-state index is 12.3. The van der Waals surface area contributed by atoms with E-state index in [1.165, 1.54) is 0 Å². The summed E-state index contributed by atoms with van der Waals surface area (Å²) < 4.78 is 0. The van der Waals surface area contributed by atoms with Crippen LogP contribution in [0.4, 0.5) is 0 Å². The highest BCUT2D eigenvalue weighted by Gasteiger charge is 2.48. The number of carboxylic acid groups (broad SMARTS) is 1. The third-order valence-corrected chi connectivity index (χ3v) is 4.63. The lowest BCUT2D eigenvalue weighted by Crippen LogP contribution is -2.44. The Balaban J connectivity index is 1.68. The summed E-state index contributed by atoms with van der Waals surface area (Å²) in [5, 5.41) is 14.7. The minimum atomic E-state index is -1.13. The van der Waals surface area contributed by atoms with Gasteiger partial charge in [0.15, 0.2) is 0 Å². The van der Waals surface area contributed by atoms with Gasteiger partial charge < -0.3 is 15.2 Å². The first-order chi connectivity index (χ1) is 10.1. The van der Waals surface area contributed by atoms with Gasteiger partial charge >= 0.3 is 0 Å². The number of hydrogen-bond acceptors (Lipinski definition) is 3. The number of carbonyl (C=O) groups is 2. The highest BCUT2D eigenvalue weighted by Crippen LogP contribution is 2.47. The zero-order chi connectivity index (χ0) is 15.0. The summed E-state index contributed by atoms with van der Waals surface area (Å²) >= 11 is 5.90. The number of fused-ring (bicyclic) bond motifs is 2. The van der Waals surface area contributed by atoms with Gasteiger partial charge in [0, 0.05) is 23.5 Å². The summed E-state index contributed by atoms with van der Waals surface area (Å²) in [6.07, 6.45) is 4.58. The number of amides is 1. The molecule has 0 saturated heterocycles. The van der Waals surface area contributed by atoms with E-state index < -0.39 is 17.8 Å². The van der Waals surface area contributed by atoms with Crippen molar-refractivity contribution in [1.82, 2.24) is 5.32 Å². The molecule has 0 radical (unpaired) electrons. The largest absolute Gasteiger partial charge is 0.550 e. The molecule has 110 valence electrons. The zero-order valence-electron chi connectivity index (χ0n) is 11.3. The Morgan fingerprint density at radius 1 is 1.24 bits per heavy atom. The van der Waals surface area contributed by atoms with Gasteiger partial charge in [-0.1, -0.05) is 35.9 Å². The average molecular weight is 305 g/mol. The Kier molecular flexibility index (Phi) is 3.72. The molecule has 0 aliphatic heterocycles. The SMILES string of the molecule is O=C([O-])[C@@H]1[C@H](C(=O)NCc2cccc(Cl)c2)[C@@H]2C=C[C@H]1C2. The number of allylic oxidation sites excluding steroid dienone is 2. The molecular formula is C16H15ClNO3-. The molecule has 4 nitrogen and oxygen atoms in total. The Morgan fingerprint density at radius 3 is 2.62 bits per heavy atom. The van der Waals surface area contributed by atoms with E-state index in [4.69, 9.17) is 11.6 Å². The molecule has 2 aliphatic carbocycles. The van der Waals surface area contributed by atoms with E-state index in [9.17, 15) is 14.7 Å². The molecule has 1 aromatic carbocycles. The Hall–Kier alpha value is -1.81. The van der Waals surface area contributed by atoms with E-state index in [-0.39, 0.29) is 17.7 Å². The second-order valence-corrected chi connectivity index (χ2v) is 6.10. The van der Waals surface area contributed by atoms with E-state index in [2.05, 4.69) is 5.32 Å². The fourth-order valence-corrected chi connectivity index (χ4v) is 3.67. The molecule has 1 fully saturated rings. The maximum absolute atomic E-state index is 12.3. The molecule has 4 atom stereocenters. The lowest BCUT2D eigenvalue weighted by atomic mass is 9.82. The highest BCUT2D eigenvalue weighted by molar-refractivity contribution is 6.30. The molecule has 2 bridgehead atoms. The quantitative estimate of drug-likeness (QED) is 0.848. The smallest absolute Gasteiger partial charge is 0.224 e. The van der Waals surface area contributed by atoms with Crippen LogP contribution < -0.4 is 10.4 Å². The summed E-state index contributed by atoms with van der Waals surface area (Å²) in [5.41, 5.74) is 0.888. The van der Waals surface area contributed by atoms with Crippen molar-refractivity contribution in [2.75, 3.05) is 0 Å². The number of aliphatic carboxylic acids is 1. The summed E-state index contributed by atoms with van der Waals surface area (Å²) in [7, 11) is 0. The van der Waals surface area contributed by atoms with Gasteiger partial charge in [0.25, 0.3) is 0 Å². The summed E-state index contributed by atoms with van der Waals surface area (Å²) in [5.74, 6) is -2.64. The molecule has 2 aliphatic rings. The van der Waals surface area contributed by atoms with Gasteiger partial charge in [-0.3, -0.25) is 4.79 Å². The molecule has 0 heterocycles. The van der Waals surface area contributed by atoms with E-state index in [0.29, 0.717) is 11.6 Å². The lowest BCUT2D eigenvalue weighted by molar-refractivity contribution is -0.313. The Morgan fingerprint density at radius 2 is 1.95 bits per heavy atom. The van der Waals surface area contributed by atoms with Crippen LogP contribution in [0.2, 0.25) is 5.02 Å². The minimum absolute atomic E-state index is 0.0114. The number of benzene rings is 1. The molecule has 0 aromatic heterocycles. The van der Waals surface area contributed by atoms with Crippen LogP contribution >= 0.6 is 11.6 Å². The number of halogens is 1. The first-order valence-corrected chi connectivity index (χ1v) is 7.35. The van der Waals surface area contributed by atoms with E-state index in [1.54, 1.807) is 12.1 Å². The average Bonchev–Trinajstić information content (AvgIpc) is 3.05. The molecule has 3 rings (SSSR count). The van der Waals surface area contributed by atoms with Gasteiger partial charge in [-0.15, -0.1) is 0 Å². The van der Waals surface area contributed by atoms with E-state index >= 15 is 0 Å². The molecule has 1 N–H and O–H groups in total. The molecule has 0 spiro atoms. The van der Waals surface area contributed by atoms with Gasteiger partial charge in [-0.2, -0.15) is 0 Å². The van der Waals surface area contributed by atoms with Crippen molar-refractivity contribution in [2.45, 2.75) is 13.0 Å². The molecule has 5 heteroatoms. The second kappa shape index (κ2) is 5.53. The number of hydrogen-bond donors (Lipinski definition) is 1. The third kappa shape index (κ3) is 2.68. The van der Waals surface area contributed by atoms with Gasteiger partial charge in [0.05, 0.1) is 5.92 Å². The first kappa shape index (κ1) is 14.1. The zero-order valence-corrected chi connectivity index (χ0v) is 12.0. The van der Waals surface area contributed by atoms with Gasteiger partial charge in [0.2, 0.25) is 5.91 Å². The molecular weight excluding hydrogens is 290 g/mol. The van der Waals surface area contributed by atoms with Crippen LogP contribution in [-0.4, -0.2) is 11.9 Å². The lowest BCUT2D eigenvalue weighted by Gasteiger charge is -2.27. The van der Waals surface area contributed by atoms with Crippen molar-refractivity contribution in [2.24, 2.45) is 23.7 Å². The molecule has 0 unspecified atom stereocenters. The summed E-state index contributed by atoms with van der Waals surface area (Å²) in [6, 6.07) is 7.22. The van der Waals surface area contributed by atoms with Crippen LogP contribution in [-0.2, 0) is 16.1 Å². The fourth-order valence-electron chi connectivity index (χ4n) is 3.45. The van der Waals surface area contributed by atoms with Crippen LogP contribution in [0, 0.1) is 23.7 Å². The number of rotatable bonds is 4. The van der Waals surface area contributed by atoms with Gasteiger partial charge in [-0.25, -0.2) is 0 Å². The molecule has 1 amide bonds. The van der Waals surface area contributed by atoms with Crippen molar-refractivity contribution < 1.29 is 14.7 Å². The van der Waals surface area contributed by atoms with Crippen LogP contribution in [0.25, 0.3) is 0 Å². The van der Waals surface area contributed by atoms with Crippen molar-refractivity contribution >= 4 is 23.5 Å². The van der Waals surface area contributed by atoms with Gasteiger partial charge in [0.1, 0.15) is 0 Å². The van der Waals surface area contributed by atoms with Crippen molar-refractivity contribution in [1.29, 1.82) is 0 Å². The number of carboxylic acids is 1. The molecule has 1 saturated carbocycles. The van der Waals surface area contributed by atoms with Crippen molar-refractivity contribution in [3.05, 3.63) is 47.0 Å². The predicted molar refractivity (Wildman–Crippen MR) is 76.0 cm³/mol. The monoisotopic (exact) mass is 304 g/mol. The number of nitrogens with one attached hydrogen (secondary N) is 1. The molecule has 1 aromatic rings. The molecule has 21 heavy (non-hydrogen) atoms. The second-order valence-electron chi connectivity index (χ2n) is 5.67. The van der Waals surface area contributed by atoms with Crippen LogP contribution in [0.3, 0.4) is 0 Å². The normalized spacial score (nSPS) is 29.6. The topological polar surface area (TPSA) is 69.2 Å². The van der Waals surface area contributed by atoms with E-state index in [1.807, 2.05) is 24.3 Å². The summed E-state index contributed by atoms with van der Waals surface area (Å²) in [4.78, 5) is 23.6. The first-order valence-electron chi connectivity index (χ1n) is 6.97. The summed E-state index contributed by atoms with van der Waals surface area (Å²) in [6.45, 7) is 0.344. The maximum Gasteiger partial charge on any atom is 0.224 e. The van der Waals surface area contributed by atoms with E-state index in [0.717, 1.165) is 12.0 Å². The van der Waals surface area contributed by atoms with Crippen LogP contribution in [0.5, 0.6) is 0 Å². The van der Waals surface area contributed by atoms with Gasteiger partial charge in [-0.05, 0) is 36.0 Å². The standard InChI is InChI=1S/C16H16ClNO3/c17-12-3-1-2-9(6-12)8-18-15(19)13-10-4-5-11(7-10)14(13)16(20)21/h1-6,10-11,13-14H,7-8H2,(H,18,19)(H,20,21)/p-1/t10-,11+,13-,14+/m1/s1. The Labute approximate surface area is 127 Å². The fraction of sp³-hybridized carbons (Fsp3) is 0.375.